The molecule has 0 aliphatic carbocycles. The van der Waals surface area contributed by atoms with Gasteiger partial charge in [-0.3, -0.25) is 14.2 Å². The van der Waals surface area contributed by atoms with Crippen molar-refractivity contribution in [2.75, 3.05) is 6.61 Å². The molecule has 0 saturated carbocycles. The van der Waals surface area contributed by atoms with Crippen LogP contribution in [0.3, 0.4) is 0 Å². The second-order valence-corrected chi connectivity index (χ2v) is 6.86. The van der Waals surface area contributed by atoms with Gasteiger partial charge < -0.3 is 4.74 Å². The van der Waals surface area contributed by atoms with E-state index < -0.39 is 11.9 Å². The molecule has 2 rings (SSSR count). The standard InChI is InChI=1S/C23H28O3.HOP/c1-5-6-10-13-26-23(25)21(19-11-8-7-9-12-19)22(24)20-17(3)14-16(2)15-18(20)4;1-2/h7-9,11-12,14-15,21H,5-6,10,13H2,1-4H3;2H. The molecule has 2 aromatic rings. The predicted octanol–water partition coefficient (Wildman–Crippen LogP) is 5.79. The number of unbranched alkanes of at least 4 members (excludes halogenated alkanes) is 2. The minimum Gasteiger partial charge on any atom is -0.465 e. The number of rotatable bonds is 8. The molecule has 0 bridgehead atoms. The average molecular weight is 400 g/mol. The molecule has 0 heterocycles. The number of Topliss-reactive ketones (excluding diaryl/α,β-unsaturated/α-hetero) is 1. The van der Waals surface area contributed by atoms with E-state index in [2.05, 4.69) is 6.92 Å². The normalized spacial score (nSPS) is 11.1. The lowest BCUT2D eigenvalue weighted by molar-refractivity contribution is -0.144. The maximum absolute atomic E-state index is 13.3. The van der Waals surface area contributed by atoms with Crippen molar-refractivity contribution in [1.82, 2.24) is 0 Å². The van der Waals surface area contributed by atoms with E-state index in [4.69, 9.17) is 9.30 Å². The maximum Gasteiger partial charge on any atom is 0.321 e. The number of benzene rings is 2. The zero-order chi connectivity index (χ0) is 21.1. The van der Waals surface area contributed by atoms with E-state index in [1.54, 1.807) is 9.12 Å². The Kier molecular flexibility index (Phi) is 10.3. The fourth-order valence-electron chi connectivity index (χ4n) is 3.36. The fourth-order valence-corrected chi connectivity index (χ4v) is 3.36. The Bertz CT molecular complexity index is 763. The number of esters is 1. The minimum atomic E-state index is -0.919. The first kappa shape index (κ1) is 23.7. The molecule has 0 aliphatic rings. The van der Waals surface area contributed by atoms with Gasteiger partial charge in [-0.1, -0.05) is 67.8 Å². The monoisotopic (exact) mass is 400 g/mol. The molecule has 1 unspecified atom stereocenters. The average Bonchev–Trinajstić information content (AvgIpc) is 2.67. The Morgan fingerprint density at radius 3 is 2.07 bits per heavy atom. The fraction of sp³-hybridized carbons (Fsp3) is 0.391. The van der Waals surface area contributed by atoms with Crippen LogP contribution in [0.1, 0.15) is 64.7 Å². The smallest absolute Gasteiger partial charge is 0.321 e. The minimum absolute atomic E-state index is 0.188. The van der Waals surface area contributed by atoms with E-state index in [-0.39, 0.29) is 5.78 Å². The molecule has 28 heavy (non-hydrogen) atoms. The van der Waals surface area contributed by atoms with Gasteiger partial charge in [0.05, 0.1) is 6.61 Å². The summed E-state index contributed by atoms with van der Waals surface area (Å²) in [6, 6.07) is 13.1. The molecule has 2 aromatic carbocycles. The van der Waals surface area contributed by atoms with Crippen LogP contribution in [-0.2, 0) is 14.1 Å². The Labute approximate surface area is 169 Å². The molecule has 150 valence electrons. The number of carbonyl (C=O) groups excluding carboxylic acids is 2. The lowest BCUT2D eigenvalue weighted by Gasteiger charge is -2.18. The highest BCUT2D eigenvalue weighted by Crippen LogP contribution is 2.27. The van der Waals surface area contributed by atoms with Crippen molar-refractivity contribution in [2.45, 2.75) is 52.9 Å². The quantitative estimate of drug-likeness (QED) is 0.185. The molecule has 0 aromatic heterocycles. The third-order valence-electron chi connectivity index (χ3n) is 4.55. The van der Waals surface area contributed by atoms with Crippen LogP contribution in [-0.4, -0.2) is 18.4 Å². The summed E-state index contributed by atoms with van der Waals surface area (Å²) >= 11 is 0. The summed E-state index contributed by atoms with van der Waals surface area (Å²) in [5, 5.41) is 0. The second-order valence-electron chi connectivity index (χ2n) is 6.86. The third-order valence-corrected chi connectivity index (χ3v) is 4.55. The Morgan fingerprint density at radius 1 is 0.964 bits per heavy atom. The summed E-state index contributed by atoms with van der Waals surface area (Å²) in [6.45, 7) is 8.30. The number of aryl methyl sites for hydroxylation is 3. The molecule has 0 fully saturated rings. The summed E-state index contributed by atoms with van der Waals surface area (Å²) < 4.78 is 13.5. The molecule has 1 atom stereocenters. The molecule has 4 nitrogen and oxygen atoms in total. The molecular weight excluding hydrogens is 371 g/mol. The van der Waals surface area contributed by atoms with Crippen LogP contribution in [0.5, 0.6) is 0 Å². The van der Waals surface area contributed by atoms with Crippen LogP contribution < -0.4 is 0 Å². The molecule has 0 saturated heterocycles. The topological polar surface area (TPSA) is 60.4 Å². The van der Waals surface area contributed by atoms with E-state index in [1.165, 1.54) is 0 Å². The number of hydrogen-bond donors (Lipinski definition) is 0. The summed E-state index contributed by atoms with van der Waals surface area (Å²) in [7, 11) is 1.72. The highest BCUT2D eigenvalue weighted by molar-refractivity contribution is 7.00. The molecule has 0 radical (unpaired) electrons. The SMILES string of the molecule is CCCCCOC(=O)C(C(=O)c1c(C)cc(C)cc1C)c1ccccc1.O=P. The van der Waals surface area contributed by atoms with Crippen molar-refractivity contribution in [1.29, 1.82) is 0 Å². The second kappa shape index (κ2) is 12.2. The third kappa shape index (κ3) is 6.38. The highest BCUT2D eigenvalue weighted by atomic mass is 31.0. The van der Waals surface area contributed by atoms with Gasteiger partial charge in [0.15, 0.2) is 5.78 Å². The first-order valence-corrected chi connectivity index (χ1v) is 9.90. The van der Waals surface area contributed by atoms with Gasteiger partial charge in [-0.15, -0.1) is 0 Å². The molecule has 0 aliphatic heterocycles. The highest BCUT2D eigenvalue weighted by Gasteiger charge is 2.32. The Balaban J connectivity index is 0.00000190. The van der Waals surface area contributed by atoms with Crippen molar-refractivity contribution >= 4 is 20.9 Å². The van der Waals surface area contributed by atoms with Gasteiger partial charge in [-0.25, -0.2) is 0 Å². The van der Waals surface area contributed by atoms with Crippen molar-refractivity contribution in [2.24, 2.45) is 0 Å². The summed E-state index contributed by atoms with van der Waals surface area (Å²) in [6.07, 6.45) is 2.88. The molecule has 5 heteroatoms. The van der Waals surface area contributed by atoms with Gasteiger partial charge in [0.25, 0.3) is 0 Å². The van der Waals surface area contributed by atoms with Crippen LogP contribution >= 0.6 is 9.12 Å². The van der Waals surface area contributed by atoms with Gasteiger partial charge in [0, 0.05) is 5.56 Å². The zero-order valence-electron chi connectivity index (χ0n) is 17.1. The van der Waals surface area contributed by atoms with Gasteiger partial charge in [-0.05, 0) is 43.9 Å². The van der Waals surface area contributed by atoms with E-state index in [1.807, 2.05) is 63.2 Å². The Morgan fingerprint density at radius 2 is 1.54 bits per heavy atom. The van der Waals surface area contributed by atoms with Gasteiger partial charge in [-0.2, -0.15) is 0 Å². The van der Waals surface area contributed by atoms with Crippen molar-refractivity contribution in [3.8, 4) is 0 Å². The van der Waals surface area contributed by atoms with Crippen LogP contribution in [0.4, 0.5) is 0 Å². The van der Waals surface area contributed by atoms with Crippen LogP contribution in [0.2, 0.25) is 0 Å². The van der Waals surface area contributed by atoms with Gasteiger partial charge in [0.2, 0.25) is 0 Å². The molecule has 0 amide bonds. The maximum atomic E-state index is 13.3. The van der Waals surface area contributed by atoms with Crippen molar-refractivity contribution < 1.29 is 18.9 Å². The molecular formula is C23H29O4P. The van der Waals surface area contributed by atoms with E-state index >= 15 is 0 Å². The predicted molar refractivity (Wildman–Crippen MR) is 114 cm³/mol. The first-order valence-electron chi connectivity index (χ1n) is 9.49. The van der Waals surface area contributed by atoms with Crippen LogP contribution in [0.25, 0.3) is 0 Å². The number of ether oxygens (including phenoxy) is 1. The number of hydrogen-bond acceptors (Lipinski definition) is 4. The van der Waals surface area contributed by atoms with E-state index in [0.29, 0.717) is 17.7 Å². The van der Waals surface area contributed by atoms with E-state index in [0.717, 1.165) is 36.0 Å². The van der Waals surface area contributed by atoms with Crippen molar-refractivity contribution in [3.05, 3.63) is 70.3 Å². The van der Waals surface area contributed by atoms with Gasteiger partial charge >= 0.3 is 5.97 Å². The van der Waals surface area contributed by atoms with Crippen molar-refractivity contribution in [3.63, 3.8) is 0 Å². The number of carbonyl (C=O) groups is 2. The van der Waals surface area contributed by atoms with Gasteiger partial charge in [0.1, 0.15) is 15.0 Å². The Hall–Kier alpha value is -2.32. The van der Waals surface area contributed by atoms with Crippen LogP contribution in [0.15, 0.2) is 42.5 Å². The molecule has 0 spiro atoms. The van der Waals surface area contributed by atoms with E-state index in [9.17, 15) is 9.59 Å². The zero-order valence-corrected chi connectivity index (χ0v) is 18.1. The summed E-state index contributed by atoms with van der Waals surface area (Å²) in [5.41, 5.74) is 4.20. The summed E-state index contributed by atoms with van der Waals surface area (Å²) in [5.74, 6) is -1.57. The molecule has 0 N–H and O–H groups in total. The largest absolute Gasteiger partial charge is 0.465 e. The van der Waals surface area contributed by atoms with Crippen LogP contribution in [0, 0.1) is 20.8 Å². The summed E-state index contributed by atoms with van der Waals surface area (Å²) in [4.78, 5) is 26.1. The lowest BCUT2D eigenvalue weighted by atomic mass is 9.86. The lowest BCUT2D eigenvalue weighted by Crippen LogP contribution is -2.26. The first-order chi connectivity index (χ1) is 13.5. The number of ketones is 1.